The number of hydrogen-bond donors (Lipinski definition) is 1. The largest absolute Gasteiger partial charge is 0.325 e. The maximum atomic E-state index is 14.6. The van der Waals surface area contributed by atoms with Crippen molar-refractivity contribution in [1.29, 1.82) is 0 Å². The molecule has 172 valence electrons. The van der Waals surface area contributed by atoms with Gasteiger partial charge in [-0.25, -0.2) is 4.39 Å². The fraction of sp³-hybridized carbons (Fsp3) is 0.360. The number of thioether (sulfide) groups is 1. The summed E-state index contributed by atoms with van der Waals surface area (Å²) in [5.74, 6) is -0.0972. The molecule has 1 aliphatic rings. The summed E-state index contributed by atoms with van der Waals surface area (Å²) in [6.07, 6.45) is 5.35. The van der Waals surface area contributed by atoms with E-state index in [2.05, 4.69) is 15.5 Å². The first-order valence-corrected chi connectivity index (χ1v) is 12.1. The number of rotatable bonds is 7. The predicted molar refractivity (Wildman–Crippen MR) is 128 cm³/mol. The van der Waals surface area contributed by atoms with Gasteiger partial charge < -0.3 is 5.32 Å². The summed E-state index contributed by atoms with van der Waals surface area (Å²) in [4.78, 5) is 24.5. The summed E-state index contributed by atoms with van der Waals surface area (Å²) in [5.41, 5.74) is 1.53. The highest BCUT2D eigenvalue weighted by Crippen LogP contribution is 2.37. The van der Waals surface area contributed by atoms with Gasteiger partial charge in [-0.2, -0.15) is 0 Å². The van der Waals surface area contributed by atoms with E-state index in [4.69, 9.17) is 0 Å². The molecule has 33 heavy (non-hydrogen) atoms. The third-order valence-corrected chi connectivity index (χ3v) is 6.96. The fourth-order valence-electron chi connectivity index (χ4n) is 4.12. The minimum Gasteiger partial charge on any atom is -0.325 e. The Bertz CT molecular complexity index is 1160. The zero-order chi connectivity index (χ0) is 23.4. The highest BCUT2D eigenvalue weighted by molar-refractivity contribution is 8.00. The maximum absolute atomic E-state index is 14.6. The van der Waals surface area contributed by atoms with Gasteiger partial charge in [-0.1, -0.05) is 55.3 Å². The van der Waals surface area contributed by atoms with Gasteiger partial charge in [0.25, 0.3) is 0 Å². The van der Waals surface area contributed by atoms with Crippen molar-refractivity contribution in [1.82, 2.24) is 14.8 Å². The number of carbonyl (C=O) groups excluding carboxylic acids is 2. The van der Waals surface area contributed by atoms with Crippen LogP contribution in [0.15, 0.2) is 53.7 Å². The van der Waals surface area contributed by atoms with Crippen LogP contribution in [-0.4, -0.2) is 31.7 Å². The molecule has 1 amide bonds. The van der Waals surface area contributed by atoms with Crippen LogP contribution < -0.4 is 5.32 Å². The lowest BCUT2D eigenvalue weighted by Crippen LogP contribution is -2.23. The second-order valence-electron chi connectivity index (χ2n) is 8.33. The Morgan fingerprint density at radius 2 is 1.85 bits per heavy atom. The second kappa shape index (κ2) is 10.3. The molecule has 1 saturated carbocycles. The summed E-state index contributed by atoms with van der Waals surface area (Å²) in [5, 5.41) is 11.7. The van der Waals surface area contributed by atoms with Gasteiger partial charge in [-0.15, -0.1) is 10.2 Å². The number of halogens is 1. The lowest BCUT2D eigenvalue weighted by molar-refractivity contribution is -0.115. The van der Waals surface area contributed by atoms with Crippen molar-refractivity contribution in [2.45, 2.75) is 62.4 Å². The number of hydrogen-bond acceptors (Lipinski definition) is 5. The minimum absolute atomic E-state index is 0.0604. The molecule has 6 nitrogen and oxygen atoms in total. The van der Waals surface area contributed by atoms with Crippen LogP contribution in [0.1, 0.15) is 62.4 Å². The number of benzene rings is 2. The van der Waals surface area contributed by atoms with Crippen molar-refractivity contribution in [3.8, 4) is 11.4 Å². The van der Waals surface area contributed by atoms with Crippen LogP contribution in [0.2, 0.25) is 0 Å². The Morgan fingerprint density at radius 1 is 1.09 bits per heavy atom. The van der Waals surface area contributed by atoms with Gasteiger partial charge in [0, 0.05) is 17.3 Å². The Kier molecular flexibility index (Phi) is 7.23. The van der Waals surface area contributed by atoms with E-state index in [1.54, 1.807) is 49.4 Å². The van der Waals surface area contributed by atoms with Gasteiger partial charge >= 0.3 is 0 Å². The number of anilines is 1. The Balaban J connectivity index is 1.58. The third-order valence-electron chi connectivity index (χ3n) is 5.91. The fourth-order valence-corrected chi connectivity index (χ4v) is 5.04. The Morgan fingerprint density at radius 3 is 2.58 bits per heavy atom. The summed E-state index contributed by atoms with van der Waals surface area (Å²) >= 11 is 1.31. The first-order chi connectivity index (χ1) is 15.9. The van der Waals surface area contributed by atoms with Gasteiger partial charge in [0.15, 0.2) is 16.8 Å². The number of nitrogens with one attached hydrogen (secondary N) is 1. The number of ketones is 1. The molecular weight excluding hydrogens is 439 g/mol. The maximum Gasteiger partial charge on any atom is 0.237 e. The monoisotopic (exact) mass is 466 g/mol. The lowest BCUT2D eigenvalue weighted by atomic mass is 9.95. The van der Waals surface area contributed by atoms with Gasteiger partial charge in [-0.3, -0.25) is 14.2 Å². The van der Waals surface area contributed by atoms with E-state index in [-0.39, 0.29) is 23.5 Å². The van der Waals surface area contributed by atoms with Gasteiger partial charge in [0.2, 0.25) is 5.91 Å². The quantitative estimate of drug-likeness (QED) is 0.346. The molecule has 0 radical (unpaired) electrons. The zero-order valence-corrected chi connectivity index (χ0v) is 19.6. The molecule has 4 rings (SSSR count). The highest BCUT2D eigenvalue weighted by atomic mass is 32.2. The zero-order valence-electron chi connectivity index (χ0n) is 18.8. The molecule has 2 aromatic carbocycles. The van der Waals surface area contributed by atoms with Crippen LogP contribution in [0.5, 0.6) is 0 Å². The third kappa shape index (κ3) is 5.33. The van der Waals surface area contributed by atoms with Crippen LogP contribution in [0.25, 0.3) is 11.4 Å². The number of amides is 1. The summed E-state index contributed by atoms with van der Waals surface area (Å²) in [7, 11) is 0. The molecule has 0 bridgehead atoms. The summed E-state index contributed by atoms with van der Waals surface area (Å²) in [6.45, 7) is 3.29. The molecule has 1 aliphatic carbocycles. The van der Waals surface area contributed by atoms with Crippen molar-refractivity contribution in [2.24, 2.45) is 0 Å². The molecule has 0 aliphatic heterocycles. The van der Waals surface area contributed by atoms with Crippen molar-refractivity contribution in [2.75, 3.05) is 5.32 Å². The van der Waals surface area contributed by atoms with Crippen molar-refractivity contribution < 1.29 is 14.0 Å². The average molecular weight is 467 g/mol. The number of Topliss-reactive ketones (excluding diaryl/α,β-unsaturated/α-hetero) is 1. The first-order valence-electron chi connectivity index (χ1n) is 11.2. The van der Waals surface area contributed by atoms with E-state index in [9.17, 15) is 14.0 Å². The molecule has 1 atom stereocenters. The standard InChI is InChI=1S/C25H27FN4O2S/c1-16(31)18-9-8-10-19(15-18)27-24(32)17(2)33-25-29-28-23(21-13-6-7-14-22(21)26)30(25)20-11-4-3-5-12-20/h6-10,13-15,17,20H,3-5,11-12H2,1-2H3,(H,27,32). The van der Waals surface area contributed by atoms with Crippen LogP contribution >= 0.6 is 11.8 Å². The van der Waals surface area contributed by atoms with E-state index in [1.807, 2.05) is 4.57 Å². The smallest absolute Gasteiger partial charge is 0.237 e. The van der Waals surface area contributed by atoms with Crippen LogP contribution in [0.4, 0.5) is 10.1 Å². The average Bonchev–Trinajstić information content (AvgIpc) is 3.23. The van der Waals surface area contributed by atoms with E-state index in [0.29, 0.717) is 27.8 Å². The molecule has 1 heterocycles. The van der Waals surface area contributed by atoms with Crippen molar-refractivity contribution in [3.63, 3.8) is 0 Å². The van der Waals surface area contributed by atoms with Crippen LogP contribution in [0, 0.1) is 5.82 Å². The summed E-state index contributed by atoms with van der Waals surface area (Å²) < 4.78 is 16.6. The summed E-state index contributed by atoms with van der Waals surface area (Å²) in [6, 6.07) is 13.6. The van der Waals surface area contributed by atoms with Gasteiger partial charge in [-0.05, 0) is 51.0 Å². The van der Waals surface area contributed by atoms with E-state index in [0.717, 1.165) is 25.7 Å². The number of nitrogens with zero attached hydrogens (tertiary/aromatic N) is 3. The predicted octanol–water partition coefficient (Wildman–Crippen LogP) is 5.91. The van der Waals surface area contributed by atoms with E-state index < -0.39 is 5.25 Å². The van der Waals surface area contributed by atoms with E-state index >= 15 is 0 Å². The SMILES string of the molecule is CC(=O)c1cccc(NC(=O)C(C)Sc2nnc(-c3ccccc3F)n2C2CCCCC2)c1. The topological polar surface area (TPSA) is 76.9 Å². The van der Waals surface area contributed by atoms with Crippen molar-refractivity contribution in [3.05, 3.63) is 59.9 Å². The minimum atomic E-state index is -0.467. The van der Waals surface area contributed by atoms with E-state index in [1.165, 1.54) is 31.2 Å². The first kappa shape index (κ1) is 23.2. The normalized spacial score (nSPS) is 15.2. The van der Waals surface area contributed by atoms with Crippen molar-refractivity contribution >= 4 is 29.1 Å². The molecule has 0 saturated heterocycles. The Labute approximate surface area is 197 Å². The molecule has 1 aromatic heterocycles. The lowest BCUT2D eigenvalue weighted by Gasteiger charge is -2.26. The number of aromatic nitrogens is 3. The molecule has 0 spiro atoms. The van der Waals surface area contributed by atoms with Crippen LogP contribution in [-0.2, 0) is 4.79 Å². The second-order valence-corrected chi connectivity index (χ2v) is 9.64. The molecular formula is C25H27FN4O2S. The van der Waals surface area contributed by atoms with Gasteiger partial charge in [0.1, 0.15) is 5.82 Å². The Hall–Kier alpha value is -3.00. The molecule has 1 unspecified atom stereocenters. The molecule has 8 heteroatoms. The molecule has 1 N–H and O–H groups in total. The van der Waals surface area contributed by atoms with Crippen LogP contribution in [0.3, 0.4) is 0 Å². The highest BCUT2D eigenvalue weighted by Gasteiger charge is 2.27. The van der Waals surface area contributed by atoms with Gasteiger partial charge in [0.05, 0.1) is 10.8 Å². The molecule has 1 fully saturated rings. The number of carbonyl (C=O) groups is 2. The molecule has 3 aromatic rings.